The Balaban J connectivity index is 1.98. The number of nitrogens with one attached hydrogen (secondary N) is 1. The van der Waals surface area contributed by atoms with Crippen LogP contribution in [0.2, 0.25) is 0 Å². The number of benzene rings is 1. The van der Waals surface area contributed by atoms with E-state index >= 15 is 0 Å². The Bertz CT molecular complexity index is 537. The van der Waals surface area contributed by atoms with E-state index in [1.807, 2.05) is 37.5 Å². The van der Waals surface area contributed by atoms with Crippen molar-refractivity contribution in [3.05, 3.63) is 41.7 Å². The number of nitrogens with zero attached hydrogens (tertiary/aromatic N) is 3. The van der Waals surface area contributed by atoms with Crippen LogP contribution < -0.4 is 16.0 Å². The van der Waals surface area contributed by atoms with E-state index in [0.29, 0.717) is 6.42 Å². The molecule has 2 aromatic rings. The molecule has 0 aliphatic rings. The fourth-order valence-corrected chi connectivity index (χ4v) is 2.10. The van der Waals surface area contributed by atoms with Gasteiger partial charge in [0.25, 0.3) is 0 Å². The summed E-state index contributed by atoms with van der Waals surface area (Å²) in [4.78, 5) is 0. The van der Waals surface area contributed by atoms with Gasteiger partial charge in [-0.2, -0.15) is 0 Å². The van der Waals surface area contributed by atoms with Crippen molar-refractivity contribution in [3.63, 3.8) is 0 Å². The van der Waals surface area contributed by atoms with Crippen LogP contribution in [0.25, 0.3) is 0 Å². The second-order valence-electron chi connectivity index (χ2n) is 5.08. The Kier molecular flexibility index (Phi) is 5.71. The molecule has 1 atom stereocenters. The number of hydrogen-bond donors (Lipinski definition) is 2. The maximum Gasteiger partial charge on any atom is 0.119 e. The van der Waals surface area contributed by atoms with Crippen molar-refractivity contribution in [2.24, 2.45) is 12.9 Å². The predicted molar refractivity (Wildman–Crippen MR) is 81.6 cm³/mol. The number of aryl methyl sites for hydroxylation is 1. The summed E-state index contributed by atoms with van der Waals surface area (Å²) in [5.41, 5.74) is 4.84. The molecule has 21 heavy (non-hydrogen) atoms. The molecular formula is C15H23N5O. The SMILES string of the molecule is CCCCOc1ccc(C(Cc2cn(C)nn2)NN)cc1. The lowest BCUT2D eigenvalue weighted by Gasteiger charge is -2.15. The van der Waals surface area contributed by atoms with Crippen molar-refractivity contribution in [1.82, 2.24) is 20.4 Å². The maximum absolute atomic E-state index is 5.66. The first-order chi connectivity index (χ1) is 10.2. The molecule has 0 fully saturated rings. The van der Waals surface area contributed by atoms with Gasteiger partial charge in [-0.15, -0.1) is 5.10 Å². The van der Waals surface area contributed by atoms with Crippen molar-refractivity contribution in [2.45, 2.75) is 32.2 Å². The third-order valence-corrected chi connectivity index (χ3v) is 3.31. The Morgan fingerprint density at radius 2 is 2.10 bits per heavy atom. The van der Waals surface area contributed by atoms with Gasteiger partial charge in [0.15, 0.2) is 0 Å². The lowest BCUT2D eigenvalue weighted by Crippen LogP contribution is -2.29. The van der Waals surface area contributed by atoms with Gasteiger partial charge in [-0.1, -0.05) is 30.7 Å². The van der Waals surface area contributed by atoms with Crippen LogP contribution in [0.4, 0.5) is 0 Å². The lowest BCUT2D eigenvalue weighted by molar-refractivity contribution is 0.309. The summed E-state index contributed by atoms with van der Waals surface area (Å²) < 4.78 is 7.35. The first-order valence-electron chi connectivity index (χ1n) is 7.27. The minimum atomic E-state index is 0.00592. The molecule has 0 aliphatic heterocycles. The van der Waals surface area contributed by atoms with E-state index in [2.05, 4.69) is 22.7 Å². The minimum Gasteiger partial charge on any atom is -0.494 e. The molecule has 6 heteroatoms. The normalized spacial score (nSPS) is 12.3. The molecule has 6 nitrogen and oxygen atoms in total. The molecular weight excluding hydrogens is 266 g/mol. The van der Waals surface area contributed by atoms with Gasteiger partial charge in [0.1, 0.15) is 5.75 Å². The molecule has 0 aliphatic carbocycles. The molecule has 114 valence electrons. The number of hydrazine groups is 1. The summed E-state index contributed by atoms with van der Waals surface area (Å²) in [6.07, 6.45) is 4.80. The fourth-order valence-electron chi connectivity index (χ4n) is 2.10. The molecule has 0 saturated carbocycles. The molecule has 1 aromatic carbocycles. The maximum atomic E-state index is 5.66. The van der Waals surface area contributed by atoms with E-state index in [-0.39, 0.29) is 6.04 Å². The van der Waals surface area contributed by atoms with Gasteiger partial charge in [0.05, 0.1) is 18.3 Å². The van der Waals surface area contributed by atoms with Crippen LogP contribution >= 0.6 is 0 Å². The molecule has 0 spiro atoms. The highest BCUT2D eigenvalue weighted by Crippen LogP contribution is 2.20. The van der Waals surface area contributed by atoms with Crippen LogP contribution in [0.5, 0.6) is 5.75 Å². The Hall–Kier alpha value is -1.92. The van der Waals surface area contributed by atoms with Crippen molar-refractivity contribution in [3.8, 4) is 5.75 Å². The average molecular weight is 289 g/mol. The predicted octanol–water partition coefficient (Wildman–Crippen LogP) is 1.74. The second-order valence-corrected chi connectivity index (χ2v) is 5.08. The monoisotopic (exact) mass is 289 g/mol. The minimum absolute atomic E-state index is 0.00592. The zero-order valence-corrected chi connectivity index (χ0v) is 12.6. The van der Waals surface area contributed by atoms with E-state index in [1.54, 1.807) is 4.68 Å². The quantitative estimate of drug-likeness (QED) is 0.440. The number of aromatic nitrogens is 3. The molecule has 1 aromatic heterocycles. The molecule has 3 N–H and O–H groups in total. The first kappa shape index (κ1) is 15.5. The van der Waals surface area contributed by atoms with Crippen LogP contribution in [0.15, 0.2) is 30.5 Å². The summed E-state index contributed by atoms with van der Waals surface area (Å²) in [6.45, 7) is 2.91. The highest BCUT2D eigenvalue weighted by Gasteiger charge is 2.12. The van der Waals surface area contributed by atoms with E-state index in [9.17, 15) is 0 Å². The topological polar surface area (TPSA) is 78.0 Å². The zero-order valence-electron chi connectivity index (χ0n) is 12.6. The standard InChI is InChI=1S/C15H23N5O/c1-3-4-9-21-14-7-5-12(6-8-14)15(17-16)10-13-11-20(2)19-18-13/h5-8,11,15,17H,3-4,9-10,16H2,1-2H3. The van der Waals surface area contributed by atoms with Gasteiger partial charge in [-0.25, -0.2) is 0 Å². The number of ether oxygens (including phenoxy) is 1. The van der Waals surface area contributed by atoms with E-state index in [1.165, 1.54) is 0 Å². The van der Waals surface area contributed by atoms with Gasteiger partial charge in [0.2, 0.25) is 0 Å². The largest absolute Gasteiger partial charge is 0.494 e. The van der Waals surface area contributed by atoms with Gasteiger partial charge in [0, 0.05) is 19.7 Å². The average Bonchev–Trinajstić information content (AvgIpc) is 2.91. The third kappa shape index (κ3) is 4.54. The number of rotatable bonds is 8. The van der Waals surface area contributed by atoms with Gasteiger partial charge in [-0.3, -0.25) is 16.0 Å². The lowest BCUT2D eigenvalue weighted by atomic mass is 10.0. The van der Waals surface area contributed by atoms with Crippen molar-refractivity contribution in [1.29, 1.82) is 0 Å². The van der Waals surface area contributed by atoms with Crippen LogP contribution in [0.3, 0.4) is 0 Å². The molecule has 1 heterocycles. The molecule has 0 bridgehead atoms. The summed E-state index contributed by atoms with van der Waals surface area (Å²) in [6, 6.07) is 8.02. The van der Waals surface area contributed by atoms with E-state index in [0.717, 1.165) is 36.5 Å². The Labute approximate surface area is 125 Å². The zero-order chi connectivity index (χ0) is 15.1. The summed E-state index contributed by atoms with van der Waals surface area (Å²) in [5, 5.41) is 8.02. The van der Waals surface area contributed by atoms with Crippen molar-refractivity contribution in [2.75, 3.05) is 6.61 Å². The van der Waals surface area contributed by atoms with Crippen molar-refractivity contribution >= 4 is 0 Å². The Morgan fingerprint density at radius 1 is 1.33 bits per heavy atom. The van der Waals surface area contributed by atoms with E-state index < -0.39 is 0 Å². The number of unbranched alkanes of at least 4 members (excludes halogenated alkanes) is 1. The fraction of sp³-hybridized carbons (Fsp3) is 0.467. The van der Waals surface area contributed by atoms with Crippen LogP contribution in [0.1, 0.15) is 37.1 Å². The molecule has 0 amide bonds. The summed E-state index contributed by atoms with van der Waals surface area (Å²) in [5.74, 6) is 6.55. The highest BCUT2D eigenvalue weighted by atomic mass is 16.5. The van der Waals surface area contributed by atoms with Crippen LogP contribution in [-0.2, 0) is 13.5 Å². The summed E-state index contributed by atoms with van der Waals surface area (Å²) >= 11 is 0. The van der Waals surface area contributed by atoms with E-state index in [4.69, 9.17) is 10.6 Å². The first-order valence-corrected chi connectivity index (χ1v) is 7.27. The third-order valence-electron chi connectivity index (χ3n) is 3.31. The number of nitrogens with two attached hydrogens (primary N) is 1. The number of hydrogen-bond acceptors (Lipinski definition) is 5. The molecule has 0 radical (unpaired) electrons. The second kappa shape index (κ2) is 7.75. The smallest absolute Gasteiger partial charge is 0.119 e. The van der Waals surface area contributed by atoms with Crippen molar-refractivity contribution < 1.29 is 4.74 Å². The van der Waals surface area contributed by atoms with Crippen LogP contribution in [-0.4, -0.2) is 21.6 Å². The summed E-state index contributed by atoms with van der Waals surface area (Å²) in [7, 11) is 1.85. The Morgan fingerprint density at radius 3 is 2.67 bits per heavy atom. The van der Waals surface area contributed by atoms with Crippen LogP contribution in [0, 0.1) is 0 Å². The molecule has 1 unspecified atom stereocenters. The van der Waals surface area contributed by atoms with Gasteiger partial charge >= 0.3 is 0 Å². The molecule has 2 rings (SSSR count). The van der Waals surface area contributed by atoms with Gasteiger partial charge < -0.3 is 4.74 Å². The molecule has 0 saturated heterocycles. The highest BCUT2D eigenvalue weighted by molar-refractivity contribution is 5.29. The van der Waals surface area contributed by atoms with Gasteiger partial charge in [-0.05, 0) is 24.1 Å².